The quantitative estimate of drug-likeness (QED) is 0.791. The summed E-state index contributed by atoms with van der Waals surface area (Å²) in [5.74, 6) is 0.916. The molecule has 92 valence electrons. The van der Waals surface area contributed by atoms with Gasteiger partial charge in [0.1, 0.15) is 11.3 Å². The molecule has 0 spiro atoms. The monoisotopic (exact) mass is 259 g/mol. The minimum atomic E-state index is -2.43. The maximum Gasteiger partial charge on any atom is 0.256 e. The summed E-state index contributed by atoms with van der Waals surface area (Å²) in [7, 11) is 0. The van der Waals surface area contributed by atoms with Crippen molar-refractivity contribution in [2.75, 3.05) is 5.88 Å². The zero-order chi connectivity index (χ0) is 12.4. The van der Waals surface area contributed by atoms with E-state index in [2.05, 4.69) is 9.97 Å². The molecule has 2 heterocycles. The molecule has 17 heavy (non-hydrogen) atoms. The van der Waals surface area contributed by atoms with E-state index in [0.29, 0.717) is 29.3 Å². The van der Waals surface area contributed by atoms with Crippen LogP contribution in [-0.4, -0.2) is 26.8 Å². The van der Waals surface area contributed by atoms with Crippen LogP contribution in [0.4, 0.5) is 8.78 Å². The van der Waals surface area contributed by atoms with Crippen molar-refractivity contribution in [1.29, 1.82) is 0 Å². The lowest BCUT2D eigenvalue weighted by atomic mass is 10.3. The number of fused-ring (bicyclic) bond motifs is 1. The van der Waals surface area contributed by atoms with Gasteiger partial charge < -0.3 is 4.57 Å². The van der Waals surface area contributed by atoms with E-state index in [1.165, 1.54) is 4.57 Å². The maximum atomic E-state index is 12.5. The number of halogens is 3. The highest BCUT2D eigenvalue weighted by molar-refractivity contribution is 6.17. The van der Waals surface area contributed by atoms with Gasteiger partial charge >= 0.3 is 0 Å². The van der Waals surface area contributed by atoms with Crippen molar-refractivity contribution in [3.63, 3.8) is 0 Å². The van der Waals surface area contributed by atoms with Gasteiger partial charge in [-0.25, -0.2) is 18.7 Å². The second-order valence-corrected chi connectivity index (χ2v) is 4.14. The van der Waals surface area contributed by atoms with Crippen molar-refractivity contribution in [2.45, 2.75) is 26.3 Å². The minimum Gasteiger partial charge on any atom is -0.307 e. The Labute approximate surface area is 102 Å². The van der Waals surface area contributed by atoms with Gasteiger partial charge in [-0.05, 0) is 19.1 Å². The SMILES string of the molecule is Cc1ccc2nc(CCCl)n(CC(F)F)c2n1. The van der Waals surface area contributed by atoms with Gasteiger partial charge in [0.2, 0.25) is 0 Å². The van der Waals surface area contributed by atoms with Gasteiger partial charge in [0.25, 0.3) is 6.43 Å². The van der Waals surface area contributed by atoms with Crippen LogP contribution in [0.5, 0.6) is 0 Å². The topological polar surface area (TPSA) is 30.7 Å². The lowest BCUT2D eigenvalue weighted by Crippen LogP contribution is -2.11. The van der Waals surface area contributed by atoms with E-state index in [1.807, 2.05) is 13.0 Å². The highest BCUT2D eigenvalue weighted by atomic mass is 35.5. The van der Waals surface area contributed by atoms with Gasteiger partial charge in [-0.1, -0.05) is 0 Å². The number of alkyl halides is 3. The lowest BCUT2D eigenvalue weighted by Gasteiger charge is -2.06. The molecule has 0 aliphatic rings. The molecule has 0 saturated carbocycles. The summed E-state index contributed by atoms with van der Waals surface area (Å²) in [6.45, 7) is 1.43. The molecule has 0 saturated heterocycles. The first-order valence-corrected chi connectivity index (χ1v) is 5.82. The molecular formula is C11H12ClF2N3. The Morgan fingerprint density at radius 1 is 1.35 bits per heavy atom. The fourth-order valence-corrected chi connectivity index (χ4v) is 1.92. The number of nitrogens with zero attached hydrogens (tertiary/aromatic N) is 3. The summed E-state index contributed by atoms with van der Waals surface area (Å²) in [5, 5.41) is 0. The number of rotatable bonds is 4. The Morgan fingerprint density at radius 2 is 2.12 bits per heavy atom. The lowest BCUT2D eigenvalue weighted by molar-refractivity contribution is 0.126. The first kappa shape index (κ1) is 12.2. The predicted octanol–water partition coefficient (Wildman–Crippen LogP) is 2.79. The van der Waals surface area contributed by atoms with Gasteiger partial charge in [-0.3, -0.25) is 0 Å². The number of hydrogen-bond acceptors (Lipinski definition) is 2. The average molecular weight is 260 g/mol. The van der Waals surface area contributed by atoms with E-state index < -0.39 is 6.43 Å². The summed E-state index contributed by atoms with van der Waals surface area (Å²) in [6.07, 6.45) is -1.97. The standard InChI is InChI=1S/C11H12ClF2N3/c1-7-2-3-8-11(15-7)17(6-9(13)14)10(16-8)4-5-12/h2-3,9H,4-6H2,1H3. The number of aryl methyl sites for hydroxylation is 2. The van der Waals surface area contributed by atoms with E-state index >= 15 is 0 Å². The van der Waals surface area contributed by atoms with Crippen LogP contribution in [0.1, 0.15) is 11.5 Å². The average Bonchev–Trinajstić information content (AvgIpc) is 2.57. The van der Waals surface area contributed by atoms with Crippen molar-refractivity contribution < 1.29 is 8.78 Å². The molecule has 0 aliphatic heterocycles. The van der Waals surface area contributed by atoms with Crippen molar-refractivity contribution in [2.24, 2.45) is 0 Å². The summed E-state index contributed by atoms with van der Waals surface area (Å²) < 4.78 is 26.5. The number of pyridine rings is 1. The normalized spacial score (nSPS) is 11.6. The molecule has 3 nitrogen and oxygen atoms in total. The van der Waals surface area contributed by atoms with Crippen LogP contribution in [0.3, 0.4) is 0 Å². The minimum absolute atomic E-state index is 0.353. The number of imidazole rings is 1. The fraction of sp³-hybridized carbons (Fsp3) is 0.455. The molecule has 0 aromatic carbocycles. The fourth-order valence-electron chi connectivity index (χ4n) is 1.75. The molecule has 2 aromatic rings. The zero-order valence-electron chi connectivity index (χ0n) is 9.33. The van der Waals surface area contributed by atoms with Crippen molar-refractivity contribution in [3.05, 3.63) is 23.7 Å². The molecule has 0 bridgehead atoms. The Balaban J connectivity index is 2.55. The summed E-state index contributed by atoms with van der Waals surface area (Å²) >= 11 is 5.64. The van der Waals surface area contributed by atoms with Gasteiger partial charge in [0, 0.05) is 18.0 Å². The van der Waals surface area contributed by atoms with Crippen LogP contribution in [0.15, 0.2) is 12.1 Å². The van der Waals surface area contributed by atoms with Crippen LogP contribution in [0.25, 0.3) is 11.2 Å². The van der Waals surface area contributed by atoms with Gasteiger partial charge in [0.15, 0.2) is 5.65 Å². The molecule has 2 aromatic heterocycles. The van der Waals surface area contributed by atoms with Crippen LogP contribution in [0, 0.1) is 6.92 Å². The van der Waals surface area contributed by atoms with Crippen LogP contribution >= 0.6 is 11.6 Å². The molecule has 6 heteroatoms. The maximum absolute atomic E-state index is 12.5. The smallest absolute Gasteiger partial charge is 0.256 e. The van der Waals surface area contributed by atoms with Crippen molar-refractivity contribution in [1.82, 2.24) is 14.5 Å². The van der Waals surface area contributed by atoms with Crippen LogP contribution < -0.4 is 0 Å². The van der Waals surface area contributed by atoms with Gasteiger partial charge in [0.05, 0.1) is 6.54 Å². The highest BCUT2D eigenvalue weighted by Crippen LogP contribution is 2.17. The molecule has 0 amide bonds. The largest absolute Gasteiger partial charge is 0.307 e. The molecule has 0 N–H and O–H groups in total. The van der Waals surface area contributed by atoms with E-state index in [4.69, 9.17) is 11.6 Å². The molecule has 0 radical (unpaired) electrons. The number of hydrogen-bond donors (Lipinski definition) is 0. The van der Waals surface area contributed by atoms with E-state index in [0.717, 1.165) is 5.69 Å². The number of aromatic nitrogens is 3. The van der Waals surface area contributed by atoms with Crippen molar-refractivity contribution >= 4 is 22.8 Å². The predicted molar refractivity (Wildman–Crippen MR) is 62.7 cm³/mol. The third-order valence-corrected chi connectivity index (χ3v) is 2.64. The highest BCUT2D eigenvalue weighted by Gasteiger charge is 2.15. The molecule has 0 unspecified atom stereocenters. The second kappa shape index (κ2) is 4.96. The third kappa shape index (κ3) is 2.54. The Kier molecular flexibility index (Phi) is 3.57. The molecule has 0 fully saturated rings. The molecule has 0 aliphatic carbocycles. The molecule has 0 atom stereocenters. The van der Waals surface area contributed by atoms with E-state index in [1.54, 1.807) is 6.07 Å². The summed E-state index contributed by atoms with van der Waals surface area (Å²) in [6, 6.07) is 3.60. The zero-order valence-corrected chi connectivity index (χ0v) is 10.1. The second-order valence-electron chi connectivity index (χ2n) is 3.76. The Hall–Kier alpha value is -1.23. The Morgan fingerprint density at radius 3 is 2.76 bits per heavy atom. The molecule has 2 rings (SSSR count). The van der Waals surface area contributed by atoms with Gasteiger partial charge in [-0.15, -0.1) is 11.6 Å². The molecular weight excluding hydrogens is 248 g/mol. The Bertz CT molecular complexity index is 525. The van der Waals surface area contributed by atoms with E-state index in [9.17, 15) is 8.78 Å². The third-order valence-electron chi connectivity index (χ3n) is 2.45. The first-order chi connectivity index (χ1) is 8.11. The van der Waals surface area contributed by atoms with Gasteiger partial charge in [-0.2, -0.15) is 0 Å². The van der Waals surface area contributed by atoms with E-state index in [-0.39, 0.29) is 6.54 Å². The summed E-state index contributed by atoms with van der Waals surface area (Å²) in [5.41, 5.74) is 1.92. The van der Waals surface area contributed by atoms with Crippen LogP contribution in [0.2, 0.25) is 0 Å². The first-order valence-electron chi connectivity index (χ1n) is 5.28. The van der Waals surface area contributed by atoms with Crippen molar-refractivity contribution in [3.8, 4) is 0 Å². The summed E-state index contributed by atoms with van der Waals surface area (Å²) in [4.78, 5) is 8.53. The van der Waals surface area contributed by atoms with Crippen LogP contribution in [-0.2, 0) is 13.0 Å².